The number of aliphatic imine (C=N–C) groups is 1. The van der Waals surface area contributed by atoms with E-state index in [1.807, 2.05) is 60.7 Å². The van der Waals surface area contributed by atoms with Crippen LogP contribution in [0, 0.1) is 0 Å². The fraction of sp³-hybridized carbons (Fsp3) is 0.276. The number of amides is 2. The van der Waals surface area contributed by atoms with E-state index in [4.69, 9.17) is 23.1 Å². The molecule has 4 rings (SSSR count). The Morgan fingerprint density at radius 1 is 0.919 bits per heavy atom. The number of carbonyl (C=O) groups is 2. The van der Waals surface area contributed by atoms with Crippen LogP contribution in [0.4, 0.5) is 0 Å². The van der Waals surface area contributed by atoms with Gasteiger partial charge in [0.05, 0.1) is 12.0 Å². The van der Waals surface area contributed by atoms with Crippen molar-refractivity contribution in [3.05, 3.63) is 106 Å². The molecule has 3 aromatic rings. The van der Waals surface area contributed by atoms with E-state index in [2.05, 4.69) is 21.7 Å². The second-order valence-corrected chi connectivity index (χ2v) is 9.64. The van der Waals surface area contributed by atoms with E-state index in [1.165, 1.54) is 5.56 Å². The minimum Gasteiger partial charge on any atom is -0.370 e. The number of hydrogen-bond acceptors (Lipinski definition) is 3. The SMILES string of the molecule is NC(N)=NCCC[C@@H](NC(=O)[C@@H](c1ccccc1)c1ccc(Cl)cc1)C(=O)N[C@H]1CCc2ccccc21. The Kier molecular flexibility index (Phi) is 8.80. The molecule has 1 aliphatic carbocycles. The van der Waals surface area contributed by atoms with Gasteiger partial charge in [0.15, 0.2) is 5.96 Å². The summed E-state index contributed by atoms with van der Waals surface area (Å²) in [4.78, 5) is 31.2. The molecule has 0 saturated carbocycles. The zero-order chi connectivity index (χ0) is 26.2. The molecule has 3 aromatic carbocycles. The molecule has 0 fully saturated rings. The monoisotopic (exact) mass is 517 g/mol. The summed E-state index contributed by atoms with van der Waals surface area (Å²) >= 11 is 6.10. The smallest absolute Gasteiger partial charge is 0.243 e. The average Bonchev–Trinajstić information content (AvgIpc) is 3.30. The van der Waals surface area contributed by atoms with Gasteiger partial charge in [0.2, 0.25) is 11.8 Å². The third kappa shape index (κ3) is 6.89. The van der Waals surface area contributed by atoms with Crippen molar-refractivity contribution in [2.45, 2.75) is 43.7 Å². The molecule has 6 N–H and O–H groups in total. The molecule has 0 bridgehead atoms. The number of carbonyl (C=O) groups excluding carboxylic acids is 2. The number of nitrogens with two attached hydrogens (primary N) is 2. The highest BCUT2D eigenvalue weighted by atomic mass is 35.5. The zero-order valence-corrected chi connectivity index (χ0v) is 21.3. The van der Waals surface area contributed by atoms with Crippen LogP contribution in [0.5, 0.6) is 0 Å². The number of nitrogens with one attached hydrogen (secondary N) is 2. The lowest BCUT2D eigenvalue weighted by Gasteiger charge is -2.25. The lowest BCUT2D eigenvalue weighted by molar-refractivity contribution is -0.130. The predicted octanol–water partition coefficient (Wildman–Crippen LogP) is 3.81. The van der Waals surface area contributed by atoms with Gasteiger partial charge in [-0.25, -0.2) is 0 Å². The number of guanidine groups is 1. The fourth-order valence-electron chi connectivity index (χ4n) is 4.80. The minimum absolute atomic E-state index is 0.000482. The quantitative estimate of drug-likeness (QED) is 0.185. The molecule has 7 nitrogen and oxygen atoms in total. The molecule has 0 aromatic heterocycles. The van der Waals surface area contributed by atoms with Crippen molar-refractivity contribution < 1.29 is 9.59 Å². The van der Waals surface area contributed by atoms with Crippen LogP contribution in [0.15, 0.2) is 83.9 Å². The topological polar surface area (TPSA) is 123 Å². The standard InChI is InChI=1S/C29H32ClN5O2/c30-22-15-12-21(13-16-22)26(20-8-2-1-3-9-20)28(37)35-25(11-6-18-33-29(31)32)27(36)34-24-17-14-19-7-4-5-10-23(19)24/h1-5,7-10,12-13,15-16,24-26H,6,11,14,17-18H2,(H,34,36)(H,35,37)(H4,31,32,33)/t24-,25+,26-/m0/s1. The van der Waals surface area contributed by atoms with Gasteiger partial charge in [-0.1, -0.05) is 78.3 Å². The number of halogens is 1. The maximum atomic E-state index is 13.7. The molecule has 8 heteroatoms. The first-order valence-electron chi connectivity index (χ1n) is 12.5. The van der Waals surface area contributed by atoms with E-state index >= 15 is 0 Å². The van der Waals surface area contributed by atoms with E-state index in [1.54, 1.807) is 12.1 Å². The highest BCUT2D eigenvalue weighted by Crippen LogP contribution is 2.31. The first-order chi connectivity index (χ1) is 17.9. The van der Waals surface area contributed by atoms with Crippen LogP contribution >= 0.6 is 11.6 Å². The number of rotatable bonds is 10. The summed E-state index contributed by atoms with van der Waals surface area (Å²) in [6.45, 7) is 0.369. The third-order valence-electron chi connectivity index (χ3n) is 6.63. The summed E-state index contributed by atoms with van der Waals surface area (Å²) in [5, 5.41) is 6.77. The Balaban J connectivity index is 1.55. The summed E-state index contributed by atoms with van der Waals surface area (Å²) in [5.74, 6) is -1.08. The molecule has 0 spiro atoms. The summed E-state index contributed by atoms with van der Waals surface area (Å²) in [5.41, 5.74) is 14.9. The van der Waals surface area contributed by atoms with Gasteiger partial charge in [0.1, 0.15) is 6.04 Å². The van der Waals surface area contributed by atoms with Crippen molar-refractivity contribution in [2.75, 3.05) is 6.54 Å². The Morgan fingerprint density at radius 2 is 1.59 bits per heavy atom. The first-order valence-corrected chi connectivity index (χ1v) is 12.8. The lowest BCUT2D eigenvalue weighted by atomic mass is 9.90. The molecular formula is C29H32ClN5O2. The van der Waals surface area contributed by atoms with Crippen molar-refractivity contribution in [1.82, 2.24) is 10.6 Å². The van der Waals surface area contributed by atoms with Gasteiger partial charge in [-0.05, 0) is 60.1 Å². The van der Waals surface area contributed by atoms with Gasteiger partial charge in [-0.2, -0.15) is 0 Å². The van der Waals surface area contributed by atoms with Crippen LogP contribution in [0.3, 0.4) is 0 Å². The molecule has 0 heterocycles. The van der Waals surface area contributed by atoms with Crippen LogP contribution in [0.1, 0.15) is 53.5 Å². The van der Waals surface area contributed by atoms with E-state index < -0.39 is 12.0 Å². The number of nitrogens with zero attached hydrogens (tertiary/aromatic N) is 1. The van der Waals surface area contributed by atoms with Crippen molar-refractivity contribution in [3.8, 4) is 0 Å². The Hall–Kier alpha value is -3.84. The molecule has 0 radical (unpaired) electrons. The van der Waals surface area contributed by atoms with Crippen molar-refractivity contribution >= 4 is 29.4 Å². The van der Waals surface area contributed by atoms with Crippen LogP contribution in [-0.2, 0) is 16.0 Å². The van der Waals surface area contributed by atoms with Crippen LogP contribution < -0.4 is 22.1 Å². The molecule has 0 saturated heterocycles. The maximum absolute atomic E-state index is 13.7. The molecule has 192 valence electrons. The van der Waals surface area contributed by atoms with Crippen LogP contribution in [-0.4, -0.2) is 30.4 Å². The van der Waals surface area contributed by atoms with Gasteiger partial charge in [0.25, 0.3) is 0 Å². The summed E-state index contributed by atoms with van der Waals surface area (Å²) in [6.07, 6.45) is 2.67. The largest absolute Gasteiger partial charge is 0.370 e. The summed E-state index contributed by atoms with van der Waals surface area (Å²) in [6, 6.07) is 24.0. The Bertz CT molecular complexity index is 1240. The van der Waals surface area contributed by atoms with Crippen LogP contribution in [0.25, 0.3) is 0 Å². The van der Waals surface area contributed by atoms with Crippen molar-refractivity contribution in [2.24, 2.45) is 16.5 Å². The Labute approximate surface area is 222 Å². The number of aryl methyl sites for hydroxylation is 1. The summed E-state index contributed by atoms with van der Waals surface area (Å²) < 4.78 is 0. The molecule has 0 aliphatic heterocycles. The summed E-state index contributed by atoms with van der Waals surface area (Å²) in [7, 11) is 0. The Morgan fingerprint density at radius 3 is 2.32 bits per heavy atom. The van der Waals surface area contributed by atoms with Gasteiger partial charge in [0, 0.05) is 11.6 Å². The predicted molar refractivity (Wildman–Crippen MR) is 147 cm³/mol. The molecule has 0 unspecified atom stereocenters. The first kappa shape index (κ1) is 26.2. The van der Waals surface area contributed by atoms with Gasteiger partial charge in [-0.3, -0.25) is 14.6 Å². The van der Waals surface area contributed by atoms with Gasteiger partial charge >= 0.3 is 0 Å². The maximum Gasteiger partial charge on any atom is 0.243 e. The molecular weight excluding hydrogens is 486 g/mol. The van der Waals surface area contributed by atoms with Crippen molar-refractivity contribution in [3.63, 3.8) is 0 Å². The molecule has 1 aliphatic rings. The van der Waals surface area contributed by atoms with Gasteiger partial charge in [-0.15, -0.1) is 0 Å². The number of hydrogen-bond donors (Lipinski definition) is 4. The van der Waals surface area contributed by atoms with E-state index in [9.17, 15) is 9.59 Å². The number of benzene rings is 3. The zero-order valence-electron chi connectivity index (χ0n) is 20.6. The third-order valence-corrected chi connectivity index (χ3v) is 6.88. The second-order valence-electron chi connectivity index (χ2n) is 9.20. The minimum atomic E-state index is -0.743. The second kappa shape index (κ2) is 12.4. The molecule has 2 amide bonds. The van der Waals surface area contributed by atoms with Crippen molar-refractivity contribution in [1.29, 1.82) is 0 Å². The fourth-order valence-corrected chi connectivity index (χ4v) is 4.93. The normalized spacial score (nSPS) is 15.8. The lowest BCUT2D eigenvalue weighted by Crippen LogP contribution is -2.49. The molecule has 3 atom stereocenters. The van der Waals surface area contributed by atoms with Crippen LogP contribution in [0.2, 0.25) is 5.02 Å². The highest BCUT2D eigenvalue weighted by molar-refractivity contribution is 6.30. The van der Waals surface area contributed by atoms with E-state index in [0.717, 1.165) is 29.5 Å². The van der Waals surface area contributed by atoms with E-state index in [0.29, 0.717) is 24.4 Å². The number of fused-ring (bicyclic) bond motifs is 1. The van der Waals surface area contributed by atoms with Gasteiger partial charge < -0.3 is 22.1 Å². The molecule has 37 heavy (non-hydrogen) atoms. The average molecular weight is 518 g/mol. The van der Waals surface area contributed by atoms with E-state index in [-0.39, 0.29) is 23.8 Å². The highest BCUT2D eigenvalue weighted by Gasteiger charge is 2.30.